The summed E-state index contributed by atoms with van der Waals surface area (Å²) in [4.78, 5) is 19.0. The third-order valence-electron chi connectivity index (χ3n) is 1.83. The topological polar surface area (TPSA) is 102 Å². The van der Waals surface area contributed by atoms with Crippen molar-refractivity contribution >= 4 is 11.7 Å². The van der Waals surface area contributed by atoms with Crippen LogP contribution in [0.4, 0.5) is 19.0 Å². The van der Waals surface area contributed by atoms with Crippen molar-refractivity contribution in [2.45, 2.75) is 6.18 Å². The minimum Gasteiger partial charge on any atom is -0.370 e. The molecule has 0 aromatic carbocycles. The van der Waals surface area contributed by atoms with Crippen molar-refractivity contribution in [1.82, 2.24) is 15.3 Å². The maximum atomic E-state index is 11.7. The fraction of sp³-hybridized carbons (Fsp3) is 0.444. The maximum absolute atomic E-state index is 11.7. The lowest BCUT2D eigenvalue weighted by atomic mass is 10.4. The summed E-state index contributed by atoms with van der Waals surface area (Å²) in [5.41, 5.74) is 2.26. The number of ether oxygens (including phenoxy) is 1. The van der Waals surface area contributed by atoms with E-state index < -0.39 is 18.7 Å². The quantitative estimate of drug-likeness (QED) is 0.387. The minimum absolute atomic E-state index is 0.0230. The van der Waals surface area contributed by atoms with Crippen LogP contribution in [-0.4, -0.2) is 41.8 Å². The normalized spacial score (nSPS) is 11.2. The molecule has 10 heteroatoms. The van der Waals surface area contributed by atoms with Gasteiger partial charge in [-0.2, -0.15) is 13.2 Å². The molecule has 19 heavy (non-hydrogen) atoms. The van der Waals surface area contributed by atoms with E-state index in [-0.39, 0.29) is 24.7 Å². The number of halogens is 3. The van der Waals surface area contributed by atoms with E-state index in [0.29, 0.717) is 0 Å². The largest absolute Gasteiger partial charge is 0.411 e. The van der Waals surface area contributed by atoms with Crippen molar-refractivity contribution in [3.63, 3.8) is 0 Å². The third-order valence-corrected chi connectivity index (χ3v) is 1.83. The highest BCUT2D eigenvalue weighted by Crippen LogP contribution is 2.13. The molecule has 0 aliphatic carbocycles. The van der Waals surface area contributed by atoms with Gasteiger partial charge in [-0.25, -0.2) is 15.8 Å². The monoisotopic (exact) mass is 279 g/mol. The second-order valence-corrected chi connectivity index (χ2v) is 3.35. The van der Waals surface area contributed by atoms with Crippen molar-refractivity contribution in [2.75, 3.05) is 25.2 Å². The number of nitrogen functional groups attached to an aromatic ring is 1. The van der Waals surface area contributed by atoms with Crippen LogP contribution in [0.5, 0.6) is 0 Å². The molecule has 7 nitrogen and oxygen atoms in total. The number of nitrogens with two attached hydrogens (primary N) is 1. The molecule has 4 N–H and O–H groups in total. The Morgan fingerprint density at radius 3 is 2.63 bits per heavy atom. The van der Waals surface area contributed by atoms with Gasteiger partial charge in [0.2, 0.25) is 0 Å². The highest BCUT2D eigenvalue weighted by atomic mass is 19.4. The van der Waals surface area contributed by atoms with E-state index in [4.69, 9.17) is 5.84 Å². The number of nitrogens with zero attached hydrogens (tertiary/aromatic N) is 2. The first kappa shape index (κ1) is 15.1. The molecule has 0 bridgehead atoms. The molecule has 0 unspecified atom stereocenters. The molecule has 0 aliphatic rings. The van der Waals surface area contributed by atoms with Crippen molar-refractivity contribution < 1.29 is 22.7 Å². The van der Waals surface area contributed by atoms with Gasteiger partial charge in [-0.3, -0.25) is 4.79 Å². The van der Waals surface area contributed by atoms with Gasteiger partial charge in [-0.15, -0.1) is 0 Å². The van der Waals surface area contributed by atoms with Crippen LogP contribution in [0.25, 0.3) is 0 Å². The number of hydrogen-bond acceptors (Lipinski definition) is 6. The fourth-order valence-corrected chi connectivity index (χ4v) is 1.04. The number of carbonyl (C=O) groups is 1. The van der Waals surface area contributed by atoms with E-state index in [2.05, 4.69) is 25.4 Å². The number of anilines is 1. The van der Waals surface area contributed by atoms with Crippen LogP contribution < -0.4 is 16.6 Å². The predicted molar refractivity (Wildman–Crippen MR) is 59.0 cm³/mol. The molecule has 1 aromatic heterocycles. The van der Waals surface area contributed by atoms with Crippen molar-refractivity contribution in [3.8, 4) is 0 Å². The van der Waals surface area contributed by atoms with Gasteiger partial charge in [-0.05, 0) is 0 Å². The van der Waals surface area contributed by atoms with Gasteiger partial charge in [0.05, 0.1) is 19.0 Å². The summed E-state index contributed by atoms with van der Waals surface area (Å²) < 4.78 is 39.5. The standard InChI is InChI=1S/C9H12F3N5O2/c10-9(11,12)5-19-2-1-14-8(18)6-3-16-7(17-13)4-15-6/h3-4H,1-2,5,13H2,(H,14,18)(H,16,17). The smallest absolute Gasteiger partial charge is 0.370 e. The Labute approximate surface area is 106 Å². The molecule has 106 valence electrons. The van der Waals surface area contributed by atoms with Gasteiger partial charge in [0.15, 0.2) is 5.82 Å². The Morgan fingerprint density at radius 1 is 1.37 bits per heavy atom. The molecule has 1 aromatic rings. The van der Waals surface area contributed by atoms with Crippen LogP contribution >= 0.6 is 0 Å². The van der Waals surface area contributed by atoms with Gasteiger partial charge in [0.25, 0.3) is 5.91 Å². The lowest BCUT2D eigenvalue weighted by Crippen LogP contribution is -2.29. The summed E-state index contributed by atoms with van der Waals surface area (Å²) in [5.74, 6) is 4.78. The van der Waals surface area contributed by atoms with Gasteiger partial charge in [0.1, 0.15) is 12.3 Å². The zero-order valence-corrected chi connectivity index (χ0v) is 9.70. The predicted octanol–water partition coefficient (Wildman–Crippen LogP) is 0.0709. The van der Waals surface area contributed by atoms with E-state index in [1.54, 1.807) is 0 Å². The fourth-order valence-electron chi connectivity index (χ4n) is 1.04. The average Bonchev–Trinajstić information content (AvgIpc) is 2.37. The van der Waals surface area contributed by atoms with Crippen LogP contribution in [-0.2, 0) is 4.74 Å². The van der Waals surface area contributed by atoms with Crippen molar-refractivity contribution in [2.24, 2.45) is 5.84 Å². The highest BCUT2D eigenvalue weighted by Gasteiger charge is 2.27. The van der Waals surface area contributed by atoms with Gasteiger partial charge in [0, 0.05) is 6.54 Å². The number of hydrogen-bond donors (Lipinski definition) is 3. The summed E-state index contributed by atoms with van der Waals surface area (Å²) >= 11 is 0. The van der Waals surface area contributed by atoms with Crippen LogP contribution in [0, 0.1) is 0 Å². The first-order chi connectivity index (χ1) is 8.92. The molecule has 1 rings (SSSR count). The number of rotatable bonds is 6. The average molecular weight is 279 g/mol. The Morgan fingerprint density at radius 2 is 2.11 bits per heavy atom. The molecule has 0 radical (unpaired) electrons. The second kappa shape index (κ2) is 6.85. The van der Waals surface area contributed by atoms with E-state index in [1.807, 2.05) is 0 Å². The molecule has 0 saturated carbocycles. The lowest BCUT2D eigenvalue weighted by molar-refractivity contribution is -0.173. The van der Waals surface area contributed by atoms with Crippen molar-refractivity contribution in [3.05, 3.63) is 18.1 Å². The number of hydrazine groups is 1. The molecule has 1 amide bonds. The number of nitrogens with one attached hydrogen (secondary N) is 2. The van der Waals surface area contributed by atoms with Gasteiger partial charge >= 0.3 is 6.18 Å². The first-order valence-electron chi connectivity index (χ1n) is 5.14. The van der Waals surface area contributed by atoms with Crippen LogP contribution in [0.3, 0.4) is 0 Å². The Bertz CT molecular complexity index is 409. The highest BCUT2D eigenvalue weighted by molar-refractivity contribution is 5.91. The Kier molecular flexibility index (Phi) is 5.45. The van der Waals surface area contributed by atoms with Gasteiger partial charge in [-0.1, -0.05) is 0 Å². The van der Waals surface area contributed by atoms with E-state index in [9.17, 15) is 18.0 Å². The summed E-state index contributed by atoms with van der Waals surface area (Å²) in [6.45, 7) is -1.66. The van der Waals surface area contributed by atoms with Crippen molar-refractivity contribution in [1.29, 1.82) is 0 Å². The number of aromatic nitrogens is 2. The van der Waals surface area contributed by atoms with E-state index in [0.717, 1.165) is 0 Å². The molecule has 1 heterocycles. The third kappa shape index (κ3) is 5.97. The molecule has 0 atom stereocenters. The summed E-state index contributed by atoms with van der Waals surface area (Å²) in [7, 11) is 0. The zero-order chi connectivity index (χ0) is 14.3. The SMILES string of the molecule is NNc1cnc(C(=O)NCCOCC(F)(F)F)cn1. The molecule has 0 spiro atoms. The summed E-state index contributed by atoms with van der Waals surface area (Å²) in [6, 6.07) is 0. The van der Waals surface area contributed by atoms with E-state index >= 15 is 0 Å². The lowest BCUT2D eigenvalue weighted by Gasteiger charge is -2.08. The van der Waals surface area contributed by atoms with Gasteiger partial charge < -0.3 is 15.5 Å². The van der Waals surface area contributed by atoms with Crippen LogP contribution in [0.2, 0.25) is 0 Å². The molecular formula is C9H12F3N5O2. The number of amides is 1. The maximum Gasteiger partial charge on any atom is 0.411 e. The zero-order valence-electron chi connectivity index (χ0n) is 9.70. The molecule has 0 saturated heterocycles. The summed E-state index contributed by atoms with van der Waals surface area (Å²) in [6.07, 6.45) is -1.95. The van der Waals surface area contributed by atoms with Crippen LogP contribution in [0.1, 0.15) is 10.5 Å². The minimum atomic E-state index is -4.37. The number of carbonyl (C=O) groups excluding carboxylic acids is 1. The first-order valence-corrected chi connectivity index (χ1v) is 5.14. The van der Waals surface area contributed by atoms with E-state index in [1.165, 1.54) is 12.4 Å². The Hall–Kier alpha value is -1.94. The summed E-state index contributed by atoms with van der Waals surface area (Å²) in [5, 5.41) is 2.34. The molecule has 0 aliphatic heterocycles. The molecular weight excluding hydrogens is 267 g/mol. The van der Waals surface area contributed by atoms with Crippen LogP contribution in [0.15, 0.2) is 12.4 Å². The second-order valence-electron chi connectivity index (χ2n) is 3.35. The Balaban J connectivity index is 2.27. The number of alkyl halides is 3. The molecule has 0 fully saturated rings.